The number of aliphatic hydroxyl groups is 1. The molecule has 0 spiro atoms. The molecule has 1 unspecified atom stereocenters. The van der Waals surface area contributed by atoms with Crippen molar-refractivity contribution in [1.82, 2.24) is 19.4 Å². The van der Waals surface area contributed by atoms with Gasteiger partial charge < -0.3 is 19.9 Å². The van der Waals surface area contributed by atoms with Crippen LogP contribution >= 0.6 is 0 Å². The van der Waals surface area contributed by atoms with Crippen molar-refractivity contribution >= 4 is 23.5 Å². The minimum absolute atomic E-state index is 0.146. The van der Waals surface area contributed by atoms with Crippen molar-refractivity contribution in [1.29, 1.82) is 0 Å². The molecule has 0 bridgehead atoms. The van der Waals surface area contributed by atoms with Crippen LogP contribution in [0.4, 0.5) is 16.0 Å². The monoisotopic (exact) mass is 410 g/mol. The second kappa shape index (κ2) is 7.56. The highest BCUT2D eigenvalue weighted by molar-refractivity contribution is 6.00. The van der Waals surface area contributed by atoms with Gasteiger partial charge in [-0.1, -0.05) is 12.1 Å². The Labute approximate surface area is 171 Å². The third kappa shape index (κ3) is 3.48. The maximum Gasteiger partial charge on any atom is 0.277 e. The Kier molecular flexibility index (Phi) is 4.92. The van der Waals surface area contributed by atoms with Crippen molar-refractivity contribution in [3.8, 4) is 11.1 Å². The number of nitrogens with zero attached hydrogens (tertiary/aromatic N) is 5. The lowest BCUT2D eigenvalue weighted by atomic mass is 10.1. The van der Waals surface area contributed by atoms with Crippen LogP contribution in [0.15, 0.2) is 48.9 Å². The van der Waals surface area contributed by atoms with Crippen LogP contribution in [0.25, 0.3) is 11.1 Å². The first-order chi connectivity index (χ1) is 14.3. The summed E-state index contributed by atoms with van der Waals surface area (Å²) in [5, 5.41) is 12.7. The van der Waals surface area contributed by atoms with Gasteiger partial charge in [-0.25, -0.2) is 14.4 Å². The van der Waals surface area contributed by atoms with Crippen LogP contribution in [0.5, 0.6) is 0 Å². The number of carbonyl (C=O) groups is 2. The average Bonchev–Trinajstić information content (AvgIpc) is 3.15. The fraction of sp³-hybridized carbons (Fsp3) is 0.200. The van der Waals surface area contributed by atoms with Crippen molar-refractivity contribution < 1.29 is 19.1 Å². The second-order valence-corrected chi connectivity index (χ2v) is 6.91. The maximum absolute atomic E-state index is 13.0. The molecule has 30 heavy (non-hydrogen) atoms. The van der Waals surface area contributed by atoms with E-state index in [1.54, 1.807) is 37.5 Å². The lowest BCUT2D eigenvalue weighted by Gasteiger charge is -2.36. The van der Waals surface area contributed by atoms with Gasteiger partial charge in [-0.15, -0.1) is 0 Å². The highest BCUT2D eigenvalue weighted by atomic mass is 19.1. The Morgan fingerprint density at radius 2 is 1.80 bits per heavy atom. The smallest absolute Gasteiger partial charge is 0.277 e. The van der Waals surface area contributed by atoms with Crippen LogP contribution in [0, 0.1) is 5.82 Å². The topological polar surface area (TPSA) is 104 Å². The van der Waals surface area contributed by atoms with Gasteiger partial charge in [-0.05, 0) is 29.8 Å². The molecule has 0 saturated carbocycles. The molecule has 154 valence electrons. The largest absolute Gasteiger partial charge is 0.356 e. The minimum atomic E-state index is -1.12. The van der Waals surface area contributed by atoms with Crippen LogP contribution in [-0.2, 0) is 11.3 Å². The van der Waals surface area contributed by atoms with Crippen LogP contribution in [0.2, 0.25) is 0 Å². The Bertz CT molecular complexity index is 1100. The van der Waals surface area contributed by atoms with Gasteiger partial charge in [0.2, 0.25) is 12.3 Å². The van der Waals surface area contributed by atoms with Gasteiger partial charge in [-0.2, -0.15) is 0 Å². The van der Waals surface area contributed by atoms with Gasteiger partial charge in [0, 0.05) is 25.9 Å². The number of halogens is 1. The first-order valence-electron chi connectivity index (χ1n) is 9.10. The summed E-state index contributed by atoms with van der Waals surface area (Å²) in [5.74, 6) is -0.484. The molecule has 3 aromatic rings. The van der Waals surface area contributed by atoms with E-state index in [9.17, 15) is 19.1 Å². The fourth-order valence-electron chi connectivity index (χ4n) is 3.23. The van der Waals surface area contributed by atoms with E-state index >= 15 is 0 Å². The van der Waals surface area contributed by atoms with Crippen molar-refractivity contribution in [3.63, 3.8) is 0 Å². The molecular formula is C20H19FN6O3. The molecular weight excluding hydrogens is 391 g/mol. The molecule has 1 aliphatic heterocycles. The van der Waals surface area contributed by atoms with E-state index in [-0.39, 0.29) is 24.0 Å². The number of benzene rings is 1. The Morgan fingerprint density at radius 1 is 1.10 bits per heavy atom. The van der Waals surface area contributed by atoms with Crippen molar-refractivity contribution in [2.24, 2.45) is 0 Å². The summed E-state index contributed by atoms with van der Waals surface area (Å²) in [6, 6.07) is 9.44. The highest BCUT2D eigenvalue weighted by Crippen LogP contribution is 2.27. The molecule has 1 atom stereocenters. The van der Waals surface area contributed by atoms with Gasteiger partial charge in [-0.3, -0.25) is 14.5 Å². The van der Waals surface area contributed by atoms with E-state index in [2.05, 4.69) is 15.3 Å². The van der Waals surface area contributed by atoms with Crippen LogP contribution in [-0.4, -0.2) is 56.8 Å². The first kappa shape index (κ1) is 19.5. The second-order valence-electron chi connectivity index (χ2n) is 6.91. The molecule has 0 radical (unpaired) electrons. The van der Waals surface area contributed by atoms with Crippen molar-refractivity contribution in [2.75, 3.05) is 24.3 Å². The number of rotatable bonds is 4. The summed E-state index contributed by atoms with van der Waals surface area (Å²) in [7, 11) is 3.08. The number of nitrogens with one attached hydrogen (secondary N) is 1. The van der Waals surface area contributed by atoms with Gasteiger partial charge in [0.05, 0.1) is 6.33 Å². The fourth-order valence-corrected chi connectivity index (χ4v) is 3.23. The number of amides is 2. The van der Waals surface area contributed by atoms with Crippen LogP contribution < -0.4 is 10.2 Å². The SMILES string of the molecule is CN1C(=O)c2c(ncn2CC(=O)Nc2ccc(-c3ccc(F)cc3)cn2)N(C)C1O. The molecule has 0 saturated heterocycles. The molecule has 4 rings (SSSR count). The lowest BCUT2D eigenvalue weighted by molar-refractivity contribution is -0.116. The zero-order valence-electron chi connectivity index (χ0n) is 16.3. The van der Waals surface area contributed by atoms with E-state index in [0.717, 1.165) is 16.0 Å². The van der Waals surface area contributed by atoms with E-state index in [0.29, 0.717) is 11.6 Å². The van der Waals surface area contributed by atoms with E-state index in [1.165, 1.54) is 35.0 Å². The number of fused-ring (bicyclic) bond motifs is 1. The average molecular weight is 410 g/mol. The van der Waals surface area contributed by atoms with Crippen molar-refractivity contribution in [2.45, 2.75) is 12.9 Å². The normalized spacial score (nSPS) is 15.9. The molecule has 0 aliphatic carbocycles. The zero-order chi connectivity index (χ0) is 21.4. The Balaban J connectivity index is 1.47. The van der Waals surface area contributed by atoms with Crippen LogP contribution in [0.1, 0.15) is 10.5 Å². The van der Waals surface area contributed by atoms with E-state index in [1.807, 2.05) is 0 Å². The number of anilines is 2. The maximum atomic E-state index is 13.0. The zero-order valence-corrected chi connectivity index (χ0v) is 16.3. The number of imidazole rings is 1. The molecule has 2 N–H and O–H groups in total. The number of carbonyl (C=O) groups excluding carboxylic acids is 2. The number of pyridine rings is 1. The van der Waals surface area contributed by atoms with Gasteiger partial charge in [0.15, 0.2) is 11.5 Å². The highest BCUT2D eigenvalue weighted by Gasteiger charge is 2.36. The Morgan fingerprint density at radius 3 is 2.47 bits per heavy atom. The molecule has 0 fully saturated rings. The third-order valence-electron chi connectivity index (χ3n) is 4.89. The lowest BCUT2D eigenvalue weighted by Crippen LogP contribution is -2.52. The number of hydrogen-bond donors (Lipinski definition) is 2. The summed E-state index contributed by atoms with van der Waals surface area (Å²) in [6.45, 7) is -0.146. The first-order valence-corrected chi connectivity index (χ1v) is 9.10. The van der Waals surface area contributed by atoms with E-state index in [4.69, 9.17) is 0 Å². The molecule has 3 heterocycles. The number of hydrogen-bond acceptors (Lipinski definition) is 6. The van der Waals surface area contributed by atoms with Gasteiger partial charge in [0.25, 0.3) is 5.91 Å². The summed E-state index contributed by atoms with van der Waals surface area (Å²) in [4.78, 5) is 35.9. The summed E-state index contributed by atoms with van der Waals surface area (Å²) < 4.78 is 14.5. The summed E-state index contributed by atoms with van der Waals surface area (Å²) in [5.41, 5.74) is 1.81. The predicted molar refractivity (Wildman–Crippen MR) is 107 cm³/mol. The molecule has 9 nitrogen and oxygen atoms in total. The van der Waals surface area contributed by atoms with Crippen molar-refractivity contribution in [3.05, 3.63) is 60.4 Å². The molecule has 2 amide bonds. The molecule has 2 aromatic heterocycles. The molecule has 1 aliphatic rings. The number of aliphatic hydroxyl groups excluding tert-OH is 1. The van der Waals surface area contributed by atoms with E-state index < -0.39 is 12.3 Å². The Hall–Kier alpha value is -3.79. The third-order valence-corrected chi connectivity index (χ3v) is 4.89. The minimum Gasteiger partial charge on any atom is -0.356 e. The summed E-state index contributed by atoms with van der Waals surface area (Å²) in [6.07, 6.45) is 1.85. The standard InChI is InChI=1S/C20H19FN6O3/c1-25-18-17(19(29)26(2)20(25)30)27(11-23-18)10-16(28)24-15-8-5-13(9-22-15)12-3-6-14(21)7-4-12/h3-9,11,20,30H,10H2,1-2H3,(H,22,24,28). The van der Waals surface area contributed by atoms with Crippen LogP contribution in [0.3, 0.4) is 0 Å². The van der Waals surface area contributed by atoms with Gasteiger partial charge in [0.1, 0.15) is 18.2 Å². The number of aromatic nitrogens is 3. The quantitative estimate of drug-likeness (QED) is 0.676. The predicted octanol–water partition coefficient (Wildman–Crippen LogP) is 1.52. The molecule has 10 heteroatoms. The molecule has 1 aromatic carbocycles. The van der Waals surface area contributed by atoms with Gasteiger partial charge >= 0.3 is 0 Å². The summed E-state index contributed by atoms with van der Waals surface area (Å²) >= 11 is 0.